The van der Waals surface area contributed by atoms with Crippen LogP contribution >= 0.6 is 0 Å². The molecule has 0 aliphatic carbocycles. The van der Waals surface area contributed by atoms with Gasteiger partial charge in [-0.1, -0.05) is 29.8 Å². The lowest BCUT2D eigenvalue weighted by Crippen LogP contribution is -2.55. The Morgan fingerprint density at radius 1 is 1.43 bits per heavy atom. The van der Waals surface area contributed by atoms with Crippen molar-refractivity contribution in [3.05, 3.63) is 35.4 Å². The van der Waals surface area contributed by atoms with Crippen LogP contribution in [0.1, 0.15) is 24.1 Å². The third-order valence-electron chi connectivity index (χ3n) is 2.81. The highest BCUT2D eigenvalue weighted by atomic mass is 15.1. The highest BCUT2D eigenvalue weighted by Crippen LogP contribution is 2.14. The van der Waals surface area contributed by atoms with E-state index in [-0.39, 0.29) is 0 Å². The van der Waals surface area contributed by atoms with E-state index in [0.717, 1.165) is 13.1 Å². The first kappa shape index (κ1) is 9.69. The minimum absolute atomic E-state index is 0.460. The minimum Gasteiger partial charge on any atom is -0.314 e. The molecule has 1 aromatic rings. The molecule has 0 aromatic heterocycles. The first-order chi connectivity index (χ1) is 6.75. The Balaban J connectivity index is 1.98. The molecule has 0 unspecified atom stereocenters. The van der Waals surface area contributed by atoms with Crippen molar-refractivity contribution in [3.8, 4) is 0 Å². The summed E-state index contributed by atoms with van der Waals surface area (Å²) in [5.74, 6) is 0. The van der Waals surface area contributed by atoms with Gasteiger partial charge in [0.2, 0.25) is 0 Å². The molecule has 0 bridgehead atoms. The van der Waals surface area contributed by atoms with Crippen LogP contribution in [-0.2, 0) is 0 Å². The second-order valence-electron chi connectivity index (χ2n) is 4.16. The Kier molecular flexibility index (Phi) is 2.85. The van der Waals surface area contributed by atoms with Crippen molar-refractivity contribution in [2.75, 3.05) is 13.1 Å². The third-order valence-corrected chi connectivity index (χ3v) is 2.81. The van der Waals surface area contributed by atoms with Gasteiger partial charge in [-0.3, -0.25) is 0 Å². The molecule has 1 heterocycles. The standard InChI is InChI=1S/C12H18N2/c1-9-4-3-5-11(6-9)10(2)14-12-7-13-8-12/h3-6,10,12-14H,7-8H2,1-2H3/t10-/m1/s1. The summed E-state index contributed by atoms with van der Waals surface area (Å²) in [6, 6.07) is 9.83. The lowest BCUT2D eigenvalue weighted by molar-refractivity contribution is 0.338. The van der Waals surface area contributed by atoms with Crippen LogP contribution < -0.4 is 10.6 Å². The molecule has 1 fully saturated rings. The summed E-state index contributed by atoms with van der Waals surface area (Å²) in [6.45, 7) is 6.58. The minimum atomic E-state index is 0.460. The second kappa shape index (κ2) is 4.11. The summed E-state index contributed by atoms with van der Waals surface area (Å²) in [5.41, 5.74) is 2.72. The van der Waals surface area contributed by atoms with Gasteiger partial charge >= 0.3 is 0 Å². The van der Waals surface area contributed by atoms with E-state index in [1.165, 1.54) is 11.1 Å². The maximum atomic E-state index is 3.60. The van der Waals surface area contributed by atoms with Gasteiger partial charge in [-0.15, -0.1) is 0 Å². The van der Waals surface area contributed by atoms with Crippen LogP contribution in [0.2, 0.25) is 0 Å². The molecular formula is C12H18N2. The lowest BCUT2D eigenvalue weighted by atomic mass is 10.0. The van der Waals surface area contributed by atoms with E-state index in [1.54, 1.807) is 0 Å². The number of nitrogens with one attached hydrogen (secondary N) is 2. The third kappa shape index (κ3) is 2.14. The van der Waals surface area contributed by atoms with Gasteiger partial charge in [0, 0.05) is 25.2 Å². The molecule has 1 aromatic carbocycles. The van der Waals surface area contributed by atoms with Crippen LogP contribution in [-0.4, -0.2) is 19.1 Å². The largest absolute Gasteiger partial charge is 0.314 e. The van der Waals surface area contributed by atoms with Crippen LogP contribution in [0.25, 0.3) is 0 Å². The van der Waals surface area contributed by atoms with E-state index in [2.05, 4.69) is 48.7 Å². The molecule has 76 valence electrons. The van der Waals surface area contributed by atoms with Gasteiger partial charge in [-0.25, -0.2) is 0 Å². The predicted octanol–water partition coefficient (Wildman–Crippen LogP) is 1.62. The van der Waals surface area contributed by atoms with Crippen molar-refractivity contribution in [2.45, 2.75) is 25.9 Å². The normalized spacial score (nSPS) is 19.0. The molecule has 0 radical (unpaired) electrons. The smallest absolute Gasteiger partial charge is 0.0322 e. The molecule has 1 aliphatic rings. The molecule has 2 heteroatoms. The first-order valence-electron chi connectivity index (χ1n) is 5.29. The fraction of sp³-hybridized carbons (Fsp3) is 0.500. The summed E-state index contributed by atoms with van der Waals surface area (Å²) in [5, 5.41) is 6.86. The molecule has 2 N–H and O–H groups in total. The summed E-state index contributed by atoms with van der Waals surface area (Å²) >= 11 is 0. The zero-order valence-corrected chi connectivity index (χ0v) is 8.88. The van der Waals surface area contributed by atoms with E-state index in [0.29, 0.717) is 12.1 Å². The topological polar surface area (TPSA) is 24.1 Å². The van der Waals surface area contributed by atoms with Crippen molar-refractivity contribution in [3.63, 3.8) is 0 Å². The van der Waals surface area contributed by atoms with Crippen LogP contribution in [0, 0.1) is 6.92 Å². The maximum absolute atomic E-state index is 3.60. The molecule has 1 saturated heterocycles. The van der Waals surface area contributed by atoms with Crippen molar-refractivity contribution >= 4 is 0 Å². The quantitative estimate of drug-likeness (QED) is 0.757. The number of hydrogen-bond acceptors (Lipinski definition) is 2. The number of rotatable bonds is 3. The first-order valence-corrected chi connectivity index (χ1v) is 5.29. The van der Waals surface area contributed by atoms with E-state index >= 15 is 0 Å². The maximum Gasteiger partial charge on any atom is 0.0322 e. The fourth-order valence-electron chi connectivity index (χ4n) is 1.80. The highest BCUT2D eigenvalue weighted by Gasteiger charge is 2.18. The molecule has 2 rings (SSSR count). The van der Waals surface area contributed by atoms with Gasteiger partial charge in [0.25, 0.3) is 0 Å². The Bertz CT molecular complexity index is 305. The number of aryl methyl sites for hydroxylation is 1. The van der Waals surface area contributed by atoms with Gasteiger partial charge in [-0.05, 0) is 19.4 Å². The summed E-state index contributed by atoms with van der Waals surface area (Å²) in [7, 11) is 0. The van der Waals surface area contributed by atoms with Crippen molar-refractivity contribution in [2.24, 2.45) is 0 Å². The average Bonchev–Trinajstić information content (AvgIpc) is 2.11. The van der Waals surface area contributed by atoms with Gasteiger partial charge in [-0.2, -0.15) is 0 Å². The van der Waals surface area contributed by atoms with Gasteiger partial charge < -0.3 is 10.6 Å². The molecule has 0 saturated carbocycles. The fourth-order valence-corrected chi connectivity index (χ4v) is 1.80. The van der Waals surface area contributed by atoms with Crippen molar-refractivity contribution in [1.82, 2.24) is 10.6 Å². The van der Waals surface area contributed by atoms with E-state index < -0.39 is 0 Å². The van der Waals surface area contributed by atoms with E-state index in [9.17, 15) is 0 Å². The number of hydrogen-bond donors (Lipinski definition) is 2. The molecule has 14 heavy (non-hydrogen) atoms. The SMILES string of the molecule is Cc1cccc([C@@H](C)NC2CNC2)c1. The molecule has 0 spiro atoms. The highest BCUT2D eigenvalue weighted by molar-refractivity contribution is 5.24. The Morgan fingerprint density at radius 3 is 2.79 bits per heavy atom. The molecule has 2 nitrogen and oxygen atoms in total. The molecule has 1 atom stereocenters. The van der Waals surface area contributed by atoms with Crippen LogP contribution in [0.5, 0.6) is 0 Å². The van der Waals surface area contributed by atoms with E-state index in [4.69, 9.17) is 0 Å². The Hall–Kier alpha value is -0.860. The Labute approximate surface area is 85.7 Å². The van der Waals surface area contributed by atoms with Crippen molar-refractivity contribution in [1.29, 1.82) is 0 Å². The molecule has 0 amide bonds. The lowest BCUT2D eigenvalue weighted by Gasteiger charge is -2.31. The van der Waals surface area contributed by atoms with Crippen molar-refractivity contribution < 1.29 is 0 Å². The summed E-state index contributed by atoms with van der Waals surface area (Å²) < 4.78 is 0. The van der Waals surface area contributed by atoms with Gasteiger partial charge in [0.05, 0.1) is 0 Å². The zero-order chi connectivity index (χ0) is 9.97. The number of benzene rings is 1. The average molecular weight is 190 g/mol. The van der Waals surface area contributed by atoms with Gasteiger partial charge in [0.1, 0.15) is 0 Å². The summed E-state index contributed by atoms with van der Waals surface area (Å²) in [4.78, 5) is 0. The predicted molar refractivity (Wildman–Crippen MR) is 59.4 cm³/mol. The van der Waals surface area contributed by atoms with Crippen LogP contribution in [0.15, 0.2) is 24.3 Å². The van der Waals surface area contributed by atoms with Crippen LogP contribution in [0.3, 0.4) is 0 Å². The summed E-state index contributed by atoms with van der Waals surface area (Å²) in [6.07, 6.45) is 0. The zero-order valence-electron chi connectivity index (χ0n) is 8.88. The Morgan fingerprint density at radius 2 is 2.21 bits per heavy atom. The molecule has 1 aliphatic heterocycles. The molecular weight excluding hydrogens is 172 g/mol. The monoisotopic (exact) mass is 190 g/mol. The van der Waals surface area contributed by atoms with Gasteiger partial charge in [0.15, 0.2) is 0 Å². The second-order valence-corrected chi connectivity index (χ2v) is 4.16. The van der Waals surface area contributed by atoms with Crippen LogP contribution in [0.4, 0.5) is 0 Å². The van der Waals surface area contributed by atoms with E-state index in [1.807, 2.05) is 0 Å².